The summed E-state index contributed by atoms with van der Waals surface area (Å²) in [5, 5.41) is 5.83. The first-order valence-electron chi connectivity index (χ1n) is 9.61. The molecule has 1 aliphatic heterocycles. The van der Waals surface area contributed by atoms with Gasteiger partial charge in [0.1, 0.15) is 5.60 Å². The van der Waals surface area contributed by atoms with Crippen molar-refractivity contribution in [3.8, 4) is 11.3 Å². The van der Waals surface area contributed by atoms with Crippen LogP contribution < -0.4 is 10.6 Å². The van der Waals surface area contributed by atoms with Gasteiger partial charge in [-0.3, -0.25) is 14.8 Å². The number of nitrogens with one attached hydrogen (secondary N) is 2. The maximum atomic E-state index is 12.5. The largest absolute Gasteiger partial charge is 0.444 e. The molecule has 0 saturated carbocycles. The average Bonchev–Trinajstić information content (AvgIpc) is 2.65. The predicted octanol–water partition coefficient (Wildman–Crippen LogP) is 4.24. The molecule has 0 saturated heterocycles. The van der Waals surface area contributed by atoms with Crippen LogP contribution in [0.15, 0.2) is 48.8 Å². The van der Waals surface area contributed by atoms with Crippen molar-refractivity contribution in [1.29, 1.82) is 0 Å². The van der Waals surface area contributed by atoms with Crippen molar-refractivity contribution in [3.05, 3.63) is 54.5 Å². The lowest BCUT2D eigenvalue weighted by molar-refractivity contribution is -0.118. The maximum absolute atomic E-state index is 12.5. The van der Waals surface area contributed by atoms with Crippen LogP contribution in [-0.4, -0.2) is 27.6 Å². The lowest BCUT2D eigenvalue weighted by Crippen LogP contribution is -2.35. The number of amides is 2. The Balaban J connectivity index is 2.01. The summed E-state index contributed by atoms with van der Waals surface area (Å²) in [7, 11) is 0. The summed E-state index contributed by atoms with van der Waals surface area (Å²) in [6.07, 6.45) is 7.01. The molecule has 3 rings (SSSR count). The predicted molar refractivity (Wildman–Crippen MR) is 111 cm³/mol. The van der Waals surface area contributed by atoms with Crippen LogP contribution in [-0.2, 0) is 9.53 Å². The minimum atomic E-state index is -0.601. The fraction of sp³-hybridized carbons (Fsp3) is 0.364. The molecule has 7 nitrogen and oxygen atoms in total. The topological polar surface area (TPSA) is 93.2 Å². The molecule has 7 heteroatoms. The quantitative estimate of drug-likeness (QED) is 0.706. The summed E-state index contributed by atoms with van der Waals surface area (Å²) in [6, 6.07) is 6.90. The Labute approximate surface area is 170 Å². The van der Waals surface area contributed by atoms with Gasteiger partial charge in [-0.1, -0.05) is 19.1 Å². The van der Waals surface area contributed by atoms with Gasteiger partial charge in [0.2, 0.25) is 5.91 Å². The van der Waals surface area contributed by atoms with Crippen LogP contribution >= 0.6 is 0 Å². The summed E-state index contributed by atoms with van der Waals surface area (Å²) < 4.78 is 5.40. The molecule has 2 bridgehead atoms. The minimum absolute atomic E-state index is 0.123. The van der Waals surface area contributed by atoms with Gasteiger partial charge in [-0.2, -0.15) is 0 Å². The zero-order valence-corrected chi connectivity index (χ0v) is 17.1. The molecular weight excluding hydrogens is 368 g/mol. The smallest absolute Gasteiger partial charge is 0.408 e. The molecule has 2 N–H and O–H groups in total. The first kappa shape index (κ1) is 20.5. The summed E-state index contributed by atoms with van der Waals surface area (Å²) in [5.41, 5.74) is 2.17. The number of ether oxygens (including phenoxy) is 1. The average molecular weight is 394 g/mol. The summed E-state index contributed by atoms with van der Waals surface area (Å²) in [6.45, 7) is 7.27. The fourth-order valence-corrected chi connectivity index (χ4v) is 2.98. The number of aromatic nitrogens is 2. The summed E-state index contributed by atoms with van der Waals surface area (Å²) in [5.74, 6) is -0.460. The van der Waals surface area contributed by atoms with Crippen molar-refractivity contribution >= 4 is 17.7 Å². The van der Waals surface area contributed by atoms with Crippen molar-refractivity contribution in [3.63, 3.8) is 0 Å². The SMILES string of the molecule is C[C@@H]1/C=C\C[C@H](NC(=O)OC(C)(C)C)c2cc(ccn2)-c2ncccc2NC1=O. The van der Waals surface area contributed by atoms with Crippen molar-refractivity contribution in [2.75, 3.05) is 5.32 Å². The molecule has 0 radical (unpaired) electrons. The highest BCUT2D eigenvalue weighted by Gasteiger charge is 2.22. The van der Waals surface area contributed by atoms with Gasteiger partial charge in [-0.05, 0) is 51.5 Å². The summed E-state index contributed by atoms with van der Waals surface area (Å²) >= 11 is 0. The molecule has 2 aromatic rings. The number of alkyl carbamates (subject to hydrolysis) is 1. The normalized spacial score (nSPS) is 20.3. The van der Waals surface area contributed by atoms with Gasteiger partial charge in [0.25, 0.3) is 0 Å². The number of rotatable bonds is 1. The second-order valence-electron chi connectivity index (χ2n) is 8.01. The van der Waals surface area contributed by atoms with E-state index in [1.54, 1.807) is 18.5 Å². The van der Waals surface area contributed by atoms with E-state index in [9.17, 15) is 9.59 Å². The van der Waals surface area contributed by atoms with Gasteiger partial charge in [0.15, 0.2) is 0 Å². The number of hydrogen-bond acceptors (Lipinski definition) is 5. The summed E-state index contributed by atoms with van der Waals surface area (Å²) in [4.78, 5) is 33.8. The van der Waals surface area contributed by atoms with E-state index in [2.05, 4.69) is 20.6 Å². The molecule has 2 aromatic heterocycles. The number of carbonyl (C=O) groups excluding carboxylic acids is 2. The molecule has 0 spiro atoms. The number of anilines is 1. The number of nitrogens with zero attached hydrogens (tertiary/aromatic N) is 2. The molecule has 3 heterocycles. The molecule has 1 aliphatic rings. The van der Waals surface area contributed by atoms with Crippen LogP contribution in [0.3, 0.4) is 0 Å². The van der Waals surface area contributed by atoms with Gasteiger partial charge < -0.3 is 15.4 Å². The molecule has 0 fully saturated rings. The first-order valence-corrected chi connectivity index (χ1v) is 9.61. The maximum Gasteiger partial charge on any atom is 0.408 e. The Morgan fingerprint density at radius 1 is 1.24 bits per heavy atom. The molecule has 29 heavy (non-hydrogen) atoms. The van der Waals surface area contributed by atoms with E-state index in [-0.39, 0.29) is 11.8 Å². The Hall–Kier alpha value is -3.22. The molecule has 0 aromatic carbocycles. The highest BCUT2D eigenvalue weighted by atomic mass is 16.6. The lowest BCUT2D eigenvalue weighted by Gasteiger charge is -2.23. The molecule has 152 valence electrons. The van der Waals surface area contributed by atoms with Crippen LogP contribution in [0, 0.1) is 5.92 Å². The highest BCUT2D eigenvalue weighted by Crippen LogP contribution is 2.29. The van der Waals surface area contributed by atoms with Crippen molar-refractivity contribution in [2.45, 2.75) is 45.8 Å². The zero-order chi connectivity index (χ0) is 21.0. The third kappa shape index (κ3) is 5.40. The van der Waals surface area contributed by atoms with Crippen LogP contribution in [0.1, 0.15) is 45.9 Å². The zero-order valence-electron chi connectivity index (χ0n) is 17.1. The molecular formula is C22H26N4O3. The second-order valence-corrected chi connectivity index (χ2v) is 8.01. The number of fused-ring (bicyclic) bond motifs is 4. The Kier molecular flexibility index (Phi) is 5.96. The minimum Gasteiger partial charge on any atom is -0.444 e. The van der Waals surface area contributed by atoms with Gasteiger partial charge in [0, 0.05) is 18.0 Å². The van der Waals surface area contributed by atoms with Crippen LogP contribution in [0.2, 0.25) is 0 Å². The van der Waals surface area contributed by atoms with Crippen molar-refractivity contribution < 1.29 is 14.3 Å². The Bertz CT molecular complexity index is 934. The Morgan fingerprint density at radius 3 is 2.79 bits per heavy atom. The van der Waals surface area contributed by atoms with Crippen LogP contribution in [0.5, 0.6) is 0 Å². The van der Waals surface area contributed by atoms with Gasteiger partial charge in [0.05, 0.1) is 29.0 Å². The lowest BCUT2D eigenvalue weighted by atomic mass is 10.0. The number of pyridine rings is 2. The highest BCUT2D eigenvalue weighted by molar-refractivity contribution is 5.96. The van der Waals surface area contributed by atoms with Gasteiger partial charge >= 0.3 is 6.09 Å². The fourth-order valence-electron chi connectivity index (χ4n) is 2.98. The van der Waals surface area contributed by atoms with E-state index >= 15 is 0 Å². The van der Waals surface area contributed by atoms with Crippen LogP contribution in [0.25, 0.3) is 11.3 Å². The number of carbonyl (C=O) groups is 2. The van der Waals surface area contributed by atoms with Gasteiger partial charge in [-0.15, -0.1) is 0 Å². The van der Waals surface area contributed by atoms with Crippen molar-refractivity contribution in [1.82, 2.24) is 15.3 Å². The third-order valence-corrected chi connectivity index (χ3v) is 4.38. The number of hydrogen-bond donors (Lipinski definition) is 2. The van der Waals surface area contributed by atoms with Crippen LogP contribution in [0.4, 0.5) is 10.5 Å². The van der Waals surface area contributed by atoms with E-state index in [1.165, 1.54) is 0 Å². The van der Waals surface area contributed by atoms with E-state index in [0.717, 1.165) is 5.56 Å². The molecule has 0 aliphatic carbocycles. The second kappa shape index (κ2) is 8.43. The van der Waals surface area contributed by atoms with Crippen molar-refractivity contribution in [2.24, 2.45) is 5.92 Å². The monoisotopic (exact) mass is 394 g/mol. The van der Waals surface area contributed by atoms with E-state index < -0.39 is 17.7 Å². The first-order chi connectivity index (χ1) is 13.7. The molecule has 0 unspecified atom stereocenters. The molecule has 2 amide bonds. The van der Waals surface area contributed by atoms with E-state index in [1.807, 2.05) is 58.0 Å². The van der Waals surface area contributed by atoms with E-state index in [0.29, 0.717) is 23.5 Å². The standard InChI is InChI=1S/C22H26N4O3/c1-14-7-5-8-16(26-21(28)29-22(2,3)4)18-13-15(10-12-23-18)19-17(25-20(14)27)9-6-11-24-19/h5-7,9-14,16H,8H2,1-4H3,(H,25,27)(H,26,28)/b7-5-/t14-,16+/m1/s1. The Morgan fingerprint density at radius 2 is 2.03 bits per heavy atom. The van der Waals surface area contributed by atoms with Gasteiger partial charge in [-0.25, -0.2) is 4.79 Å². The molecule has 2 atom stereocenters. The third-order valence-electron chi connectivity index (χ3n) is 4.38. The van der Waals surface area contributed by atoms with E-state index in [4.69, 9.17) is 4.74 Å².